The molecule has 1 N–H and O–H groups in total. The highest BCUT2D eigenvalue weighted by atomic mass is 28.4. The van der Waals surface area contributed by atoms with Crippen LogP contribution in [-0.4, -0.2) is 40.2 Å². The summed E-state index contributed by atoms with van der Waals surface area (Å²) in [5.74, 6) is 0. The van der Waals surface area contributed by atoms with Crippen LogP contribution >= 0.6 is 0 Å². The Morgan fingerprint density at radius 1 is 1.17 bits per heavy atom. The fourth-order valence-electron chi connectivity index (χ4n) is 3.27. The van der Waals surface area contributed by atoms with Crippen LogP contribution in [0.2, 0.25) is 6.04 Å². The van der Waals surface area contributed by atoms with E-state index in [2.05, 4.69) is 38.2 Å². The Labute approximate surface area is 141 Å². The maximum absolute atomic E-state index is 6.54. The van der Waals surface area contributed by atoms with E-state index in [-0.39, 0.29) is 11.8 Å². The van der Waals surface area contributed by atoms with Crippen LogP contribution in [0.1, 0.15) is 40.0 Å². The molecule has 23 heavy (non-hydrogen) atoms. The van der Waals surface area contributed by atoms with Crippen molar-refractivity contribution < 1.29 is 13.6 Å². The summed E-state index contributed by atoms with van der Waals surface area (Å²) in [6, 6.07) is 11.3. The molecule has 0 aromatic heterocycles. The molecule has 0 saturated carbocycles. The summed E-state index contributed by atoms with van der Waals surface area (Å²) in [6.07, 6.45) is 3.58. The van der Waals surface area contributed by atoms with Gasteiger partial charge in [-0.2, -0.15) is 0 Å². The summed E-state index contributed by atoms with van der Waals surface area (Å²) < 4.78 is 18.8. The first-order valence-corrected chi connectivity index (χ1v) is 11.0. The zero-order chi connectivity index (χ0) is 16.5. The predicted octanol–water partition coefficient (Wildman–Crippen LogP) is 4.11. The normalized spacial score (nSPS) is 26.0. The van der Waals surface area contributed by atoms with Gasteiger partial charge in [0.25, 0.3) is 0 Å². The zero-order valence-electron chi connectivity index (χ0n) is 14.7. The minimum atomic E-state index is -2.30. The first-order chi connectivity index (χ1) is 11.2. The molecule has 4 nitrogen and oxygen atoms in total. The average molecular weight is 338 g/mol. The molecule has 1 fully saturated rings. The van der Waals surface area contributed by atoms with Gasteiger partial charge < -0.3 is 18.9 Å². The number of rotatable bonds is 9. The van der Waals surface area contributed by atoms with Crippen molar-refractivity contribution in [2.24, 2.45) is 0 Å². The van der Waals surface area contributed by atoms with Crippen molar-refractivity contribution in [2.75, 3.05) is 25.1 Å². The van der Waals surface area contributed by atoms with Gasteiger partial charge in [-0.15, -0.1) is 0 Å². The van der Waals surface area contributed by atoms with E-state index in [4.69, 9.17) is 13.6 Å². The second-order valence-corrected chi connectivity index (χ2v) is 9.40. The van der Waals surface area contributed by atoms with Gasteiger partial charge in [0.15, 0.2) is 0 Å². The van der Waals surface area contributed by atoms with Gasteiger partial charge in [0.05, 0.1) is 6.10 Å². The van der Waals surface area contributed by atoms with E-state index in [1.165, 1.54) is 12.8 Å². The van der Waals surface area contributed by atoms with Crippen molar-refractivity contribution in [3.05, 3.63) is 30.3 Å². The lowest BCUT2D eigenvalue weighted by molar-refractivity contribution is 0.0260. The van der Waals surface area contributed by atoms with E-state index < -0.39 is 8.56 Å². The van der Waals surface area contributed by atoms with Gasteiger partial charge >= 0.3 is 8.56 Å². The highest BCUT2D eigenvalue weighted by molar-refractivity contribution is 6.69. The lowest BCUT2D eigenvalue weighted by Crippen LogP contribution is -2.58. The van der Waals surface area contributed by atoms with Crippen LogP contribution in [0, 0.1) is 0 Å². The first-order valence-electron chi connectivity index (χ1n) is 8.92. The number of hydrogen-bond donors (Lipinski definition) is 1. The fourth-order valence-corrected chi connectivity index (χ4v) is 7.32. The number of ether oxygens (including phenoxy) is 1. The summed E-state index contributed by atoms with van der Waals surface area (Å²) in [7, 11) is -2.30. The first kappa shape index (κ1) is 18.5. The Morgan fingerprint density at radius 3 is 2.65 bits per heavy atom. The van der Waals surface area contributed by atoms with Gasteiger partial charge in [0.1, 0.15) is 5.73 Å². The molecule has 1 aliphatic heterocycles. The van der Waals surface area contributed by atoms with Crippen LogP contribution in [0.4, 0.5) is 5.69 Å². The smallest absolute Gasteiger partial charge is 0.368 e. The van der Waals surface area contributed by atoms with Gasteiger partial charge in [-0.3, -0.25) is 0 Å². The van der Waals surface area contributed by atoms with Crippen molar-refractivity contribution >= 4 is 14.2 Å². The predicted molar refractivity (Wildman–Crippen MR) is 96.9 cm³/mol. The van der Waals surface area contributed by atoms with Crippen molar-refractivity contribution in [2.45, 2.75) is 57.9 Å². The Kier molecular flexibility index (Phi) is 7.56. The largest absolute Gasteiger partial charge is 0.393 e. The number of hydrogen-bond acceptors (Lipinski definition) is 4. The minimum Gasteiger partial charge on any atom is -0.393 e. The number of para-hydroxylation sites is 1. The van der Waals surface area contributed by atoms with E-state index in [0.29, 0.717) is 6.61 Å². The molecule has 3 unspecified atom stereocenters. The molecule has 1 aliphatic rings. The second kappa shape index (κ2) is 9.42. The summed E-state index contributed by atoms with van der Waals surface area (Å²) in [4.78, 5) is 0. The molecule has 130 valence electrons. The van der Waals surface area contributed by atoms with Crippen LogP contribution < -0.4 is 5.32 Å². The molecule has 1 saturated heterocycles. The molecular formula is C18H31NO3Si. The molecule has 1 aromatic carbocycles. The third-order valence-corrected chi connectivity index (χ3v) is 8.32. The van der Waals surface area contributed by atoms with Crippen molar-refractivity contribution in [1.29, 1.82) is 0 Å². The molecule has 1 heterocycles. The number of benzene rings is 1. The third-order valence-electron chi connectivity index (χ3n) is 4.26. The third kappa shape index (κ3) is 5.31. The van der Waals surface area contributed by atoms with Crippen molar-refractivity contribution in [1.82, 2.24) is 0 Å². The van der Waals surface area contributed by atoms with Gasteiger partial charge in [-0.05, 0) is 45.4 Å². The Bertz CT molecular complexity index is 439. The van der Waals surface area contributed by atoms with Crippen molar-refractivity contribution in [3.8, 4) is 0 Å². The molecule has 3 atom stereocenters. The average Bonchev–Trinajstić information content (AvgIpc) is 2.57. The molecule has 1 aromatic rings. The highest BCUT2D eigenvalue weighted by Crippen LogP contribution is 2.33. The molecule has 0 bridgehead atoms. The number of nitrogens with one attached hydrogen (secondary N) is 1. The molecule has 0 aliphatic carbocycles. The summed E-state index contributed by atoms with van der Waals surface area (Å²) in [5.41, 5.74) is 1.29. The second-order valence-electron chi connectivity index (χ2n) is 6.11. The van der Waals surface area contributed by atoms with E-state index >= 15 is 0 Å². The van der Waals surface area contributed by atoms with Gasteiger partial charge in [0, 0.05) is 25.4 Å². The zero-order valence-corrected chi connectivity index (χ0v) is 15.7. The van der Waals surface area contributed by atoms with E-state index in [1.54, 1.807) is 0 Å². The maximum Gasteiger partial charge on any atom is 0.368 e. The van der Waals surface area contributed by atoms with Gasteiger partial charge in [-0.1, -0.05) is 31.0 Å². The topological polar surface area (TPSA) is 39.7 Å². The summed E-state index contributed by atoms with van der Waals surface area (Å²) in [6.45, 7) is 8.45. The Morgan fingerprint density at radius 2 is 1.96 bits per heavy atom. The van der Waals surface area contributed by atoms with Crippen LogP contribution in [0.25, 0.3) is 0 Å². The van der Waals surface area contributed by atoms with Gasteiger partial charge in [0.2, 0.25) is 0 Å². The van der Waals surface area contributed by atoms with E-state index in [0.717, 1.165) is 31.3 Å². The molecule has 0 spiro atoms. The lowest BCUT2D eigenvalue weighted by atomic mass is 10.2. The molecule has 5 heteroatoms. The lowest BCUT2D eigenvalue weighted by Gasteiger charge is -2.41. The quantitative estimate of drug-likeness (QED) is 0.688. The van der Waals surface area contributed by atoms with E-state index in [1.807, 2.05) is 18.2 Å². The summed E-state index contributed by atoms with van der Waals surface area (Å²) >= 11 is 0. The van der Waals surface area contributed by atoms with E-state index in [9.17, 15) is 0 Å². The Balaban J connectivity index is 1.96. The minimum absolute atomic E-state index is 0.106. The number of anilines is 1. The monoisotopic (exact) mass is 337 g/mol. The standard InChI is InChI=1S/C18H31NO3Si/c1-4-20-18-13-9-10-14-23(18,21-5-2)22-16(3)15-19-17-11-7-6-8-12-17/h6-8,11-12,16,18-19H,4-5,9-10,13-15H2,1-3H3. The van der Waals surface area contributed by atoms with Crippen LogP contribution in [0.15, 0.2) is 30.3 Å². The summed E-state index contributed by atoms with van der Waals surface area (Å²) in [5, 5.41) is 3.44. The van der Waals surface area contributed by atoms with Gasteiger partial charge in [-0.25, -0.2) is 0 Å². The fraction of sp³-hybridized carbons (Fsp3) is 0.667. The van der Waals surface area contributed by atoms with Crippen LogP contribution in [-0.2, 0) is 13.6 Å². The van der Waals surface area contributed by atoms with Crippen LogP contribution in [0.5, 0.6) is 0 Å². The van der Waals surface area contributed by atoms with Crippen molar-refractivity contribution in [3.63, 3.8) is 0 Å². The molecule has 0 amide bonds. The SMILES string of the molecule is CCOC1CCCC[Si]1(OCC)OC(C)CNc1ccccc1. The Hall–Kier alpha value is -0.883. The molecule has 2 rings (SSSR count). The van der Waals surface area contributed by atoms with Crippen LogP contribution in [0.3, 0.4) is 0 Å². The molecule has 0 radical (unpaired) electrons. The molecular weight excluding hydrogens is 306 g/mol. The maximum atomic E-state index is 6.54. The highest BCUT2D eigenvalue weighted by Gasteiger charge is 2.49.